The lowest BCUT2D eigenvalue weighted by atomic mass is 9.77. The van der Waals surface area contributed by atoms with Gasteiger partial charge in [0, 0.05) is 47.3 Å². The minimum Gasteiger partial charge on any atom is -0.302 e. The normalized spacial score (nSPS) is 19.6. The number of hydrogen-bond donors (Lipinski definition) is 0. The summed E-state index contributed by atoms with van der Waals surface area (Å²) >= 11 is 0. The van der Waals surface area contributed by atoms with Gasteiger partial charge in [0.05, 0.1) is 0 Å². The SMILES string of the molecule is CCC1CCC2N(c3ccccc3)c3nc(-c4cccnc4)c(-c4cccnc4)nc3N2c2ccccc2C1CC. The van der Waals surface area contributed by atoms with E-state index in [-0.39, 0.29) is 6.17 Å². The van der Waals surface area contributed by atoms with Crippen molar-refractivity contribution >= 4 is 23.0 Å². The molecule has 2 aliphatic heterocycles. The fourth-order valence-electron chi connectivity index (χ4n) is 6.84. The zero-order valence-corrected chi connectivity index (χ0v) is 23.6. The number of fused-ring (bicyclic) bond motifs is 5. The van der Waals surface area contributed by atoms with Crippen LogP contribution in [0.2, 0.25) is 0 Å². The monoisotopic (exact) mass is 538 g/mol. The average molecular weight is 539 g/mol. The third-order valence-corrected chi connectivity index (χ3v) is 8.74. The van der Waals surface area contributed by atoms with Crippen LogP contribution >= 0.6 is 0 Å². The van der Waals surface area contributed by atoms with Gasteiger partial charge in [0.2, 0.25) is 0 Å². The second-order valence-corrected chi connectivity index (χ2v) is 10.9. The van der Waals surface area contributed by atoms with Gasteiger partial charge in [-0.2, -0.15) is 0 Å². The molecule has 0 saturated heterocycles. The summed E-state index contributed by atoms with van der Waals surface area (Å²) in [5.74, 6) is 2.90. The van der Waals surface area contributed by atoms with Crippen LogP contribution in [0.1, 0.15) is 51.0 Å². The summed E-state index contributed by atoms with van der Waals surface area (Å²) in [4.78, 5) is 24.6. The molecule has 5 aromatic rings. The van der Waals surface area contributed by atoms with Crippen LogP contribution in [-0.4, -0.2) is 26.1 Å². The molecule has 204 valence electrons. The summed E-state index contributed by atoms with van der Waals surface area (Å²) in [7, 11) is 0. The number of pyridine rings is 2. The Balaban J connectivity index is 1.53. The van der Waals surface area contributed by atoms with Crippen LogP contribution in [0, 0.1) is 5.92 Å². The highest BCUT2D eigenvalue weighted by Crippen LogP contribution is 2.53. The molecule has 7 rings (SSSR count). The molecule has 3 unspecified atom stereocenters. The Bertz CT molecular complexity index is 1640. The first-order valence-corrected chi connectivity index (χ1v) is 14.7. The van der Waals surface area contributed by atoms with Crippen LogP contribution in [0.15, 0.2) is 104 Å². The summed E-state index contributed by atoms with van der Waals surface area (Å²) in [5, 5.41) is 0. The number of para-hydroxylation sites is 2. The second kappa shape index (κ2) is 10.8. The highest BCUT2D eigenvalue weighted by Gasteiger charge is 2.44. The summed E-state index contributed by atoms with van der Waals surface area (Å²) in [6, 6.07) is 27.6. The van der Waals surface area contributed by atoms with E-state index in [1.54, 1.807) is 12.4 Å². The van der Waals surface area contributed by atoms with Crippen molar-refractivity contribution in [2.45, 2.75) is 51.6 Å². The molecule has 5 heterocycles. The number of anilines is 4. The molecule has 0 N–H and O–H groups in total. The third-order valence-electron chi connectivity index (χ3n) is 8.74. The van der Waals surface area contributed by atoms with Crippen molar-refractivity contribution in [2.24, 2.45) is 5.92 Å². The van der Waals surface area contributed by atoms with Gasteiger partial charge in [-0.25, -0.2) is 9.97 Å². The molecule has 2 aromatic carbocycles. The molecule has 2 aliphatic rings. The smallest absolute Gasteiger partial charge is 0.179 e. The van der Waals surface area contributed by atoms with E-state index < -0.39 is 0 Å². The lowest BCUT2D eigenvalue weighted by molar-refractivity contribution is 0.346. The molecule has 0 spiro atoms. The maximum atomic E-state index is 5.48. The van der Waals surface area contributed by atoms with Gasteiger partial charge >= 0.3 is 0 Å². The molecule has 41 heavy (non-hydrogen) atoms. The lowest BCUT2D eigenvalue weighted by Gasteiger charge is -2.39. The highest BCUT2D eigenvalue weighted by molar-refractivity contribution is 5.89. The zero-order chi connectivity index (χ0) is 27.8. The van der Waals surface area contributed by atoms with Crippen molar-refractivity contribution < 1.29 is 0 Å². The van der Waals surface area contributed by atoms with Crippen LogP contribution in [0.4, 0.5) is 23.0 Å². The van der Waals surface area contributed by atoms with Gasteiger partial charge in [-0.3, -0.25) is 9.97 Å². The summed E-state index contributed by atoms with van der Waals surface area (Å²) in [6.45, 7) is 4.68. The first kappa shape index (κ1) is 25.4. The van der Waals surface area contributed by atoms with Crippen LogP contribution in [0.5, 0.6) is 0 Å². The summed E-state index contributed by atoms with van der Waals surface area (Å²) < 4.78 is 0. The topological polar surface area (TPSA) is 58.0 Å². The van der Waals surface area contributed by atoms with Crippen LogP contribution in [0.25, 0.3) is 22.5 Å². The maximum Gasteiger partial charge on any atom is 0.179 e. The van der Waals surface area contributed by atoms with Gasteiger partial charge in [0.15, 0.2) is 11.6 Å². The van der Waals surface area contributed by atoms with E-state index >= 15 is 0 Å². The Morgan fingerprint density at radius 3 is 1.90 bits per heavy atom. The van der Waals surface area contributed by atoms with Crippen molar-refractivity contribution in [1.82, 2.24) is 19.9 Å². The zero-order valence-electron chi connectivity index (χ0n) is 23.6. The third kappa shape index (κ3) is 4.34. The Kier molecular flexibility index (Phi) is 6.67. The van der Waals surface area contributed by atoms with E-state index in [0.29, 0.717) is 11.8 Å². The van der Waals surface area contributed by atoms with Crippen molar-refractivity contribution in [2.75, 3.05) is 9.80 Å². The minimum absolute atomic E-state index is 0.0614. The van der Waals surface area contributed by atoms with E-state index in [2.05, 4.69) is 100 Å². The molecule has 0 saturated carbocycles. The van der Waals surface area contributed by atoms with Gasteiger partial charge in [0.1, 0.15) is 17.6 Å². The molecule has 0 aliphatic carbocycles. The fraction of sp³-hybridized carbons (Fsp3) is 0.257. The minimum atomic E-state index is 0.0614. The predicted molar refractivity (Wildman–Crippen MR) is 165 cm³/mol. The summed E-state index contributed by atoms with van der Waals surface area (Å²) in [5.41, 5.74) is 7.28. The van der Waals surface area contributed by atoms with Crippen LogP contribution < -0.4 is 9.80 Å². The van der Waals surface area contributed by atoms with E-state index in [0.717, 1.165) is 59.1 Å². The molecule has 0 radical (unpaired) electrons. The molecule has 3 aromatic heterocycles. The molecule has 0 bridgehead atoms. The Morgan fingerprint density at radius 2 is 1.29 bits per heavy atom. The predicted octanol–water partition coefficient (Wildman–Crippen LogP) is 8.53. The van der Waals surface area contributed by atoms with Gasteiger partial charge in [-0.1, -0.05) is 56.7 Å². The maximum absolute atomic E-state index is 5.48. The number of aromatic nitrogens is 4. The van der Waals surface area contributed by atoms with E-state index in [4.69, 9.17) is 9.97 Å². The Hall–Kier alpha value is -4.58. The average Bonchev–Trinajstić information content (AvgIpc) is 3.35. The van der Waals surface area contributed by atoms with E-state index in [9.17, 15) is 0 Å². The molecular formula is C35H34N6. The van der Waals surface area contributed by atoms with Crippen molar-refractivity contribution in [3.8, 4) is 22.5 Å². The molecule has 6 heteroatoms. The fourth-order valence-corrected chi connectivity index (χ4v) is 6.84. The lowest BCUT2D eigenvalue weighted by Crippen LogP contribution is -2.41. The van der Waals surface area contributed by atoms with Gasteiger partial charge in [0.25, 0.3) is 0 Å². The number of benzene rings is 2. The first-order chi connectivity index (χ1) is 20.3. The quantitative estimate of drug-likeness (QED) is 0.223. The second-order valence-electron chi connectivity index (χ2n) is 10.9. The van der Waals surface area contributed by atoms with Crippen molar-refractivity contribution in [1.29, 1.82) is 0 Å². The standard InChI is InChI=1S/C35H34N6/c1-3-24-18-19-31-40(27-14-6-5-7-15-27)34-35(41(31)30-17-9-8-16-29(30)28(24)4-2)39-33(26-13-11-21-37-23-26)32(38-34)25-12-10-20-36-22-25/h5-17,20-24,28,31H,3-4,18-19H2,1-2H3. The van der Waals surface area contributed by atoms with Crippen LogP contribution in [-0.2, 0) is 0 Å². The van der Waals surface area contributed by atoms with E-state index in [1.807, 2.05) is 24.5 Å². The van der Waals surface area contributed by atoms with Gasteiger partial charge in [-0.05, 0) is 79.1 Å². The molecule has 0 fully saturated rings. The van der Waals surface area contributed by atoms with Gasteiger partial charge in [-0.15, -0.1) is 0 Å². The Labute approximate surface area is 241 Å². The molecule has 3 atom stereocenters. The number of hydrogen-bond acceptors (Lipinski definition) is 6. The van der Waals surface area contributed by atoms with Crippen LogP contribution in [0.3, 0.4) is 0 Å². The number of rotatable bonds is 5. The molecular weight excluding hydrogens is 504 g/mol. The van der Waals surface area contributed by atoms with Crippen molar-refractivity contribution in [3.05, 3.63) is 109 Å². The largest absolute Gasteiger partial charge is 0.302 e. The first-order valence-electron chi connectivity index (χ1n) is 14.7. The summed E-state index contributed by atoms with van der Waals surface area (Å²) in [6.07, 6.45) is 11.8. The Morgan fingerprint density at radius 1 is 0.659 bits per heavy atom. The highest BCUT2D eigenvalue weighted by atomic mass is 15.5. The van der Waals surface area contributed by atoms with Gasteiger partial charge < -0.3 is 9.80 Å². The van der Waals surface area contributed by atoms with E-state index in [1.165, 1.54) is 17.7 Å². The number of nitrogens with zero attached hydrogens (tertiary/aromatic N) is 6. The van der Waals surface area contributed by atoms with Crippen molar-refractivity contribution in [3.63, 3.8) is 0 Å². The molecule has 0 amide bonds. The molecule has 6 nitrogen and oxygen atoms in total.